The fourth-order valence-corrected chi connectivity index (χ4v) is 2.98. The van der Waals surface area contributed by atoms with Gasteiger partial charge in [-0.25, -0.2) is 5.43 Å². The van der Waals surface area contributed by atoms with E-state index in [1.807, 2.05) is 0 Å². The van der Waals surface area contributed by atoms with Gasteiger partial charge in [-0.1, -0.05) is 18.2 Å². The molecule has 0 bridgehead atoms. The SMILES string of the molecule is COc1cccc(/C=N/NC(=O)CSCc2ccc([N+](=O)[O-])cc2)c1OC. The number of thioether (sulfide) groups is 1. The lowest BCUT2D eigenvalue weighted by Crippen LogP contribution is -2.19. The Bertz CT molecular complexity index is 824. The van der Waals surface area contributed by atoms with E-state index in [0.717, 1.165) is 5.56 Å². The largest absolute Gasteiger partial charge is 0.493 e. The van der Waals surface area contributed by atoms with Crippen LogP contribution in [0.5, 0.6) is 11.5 Å². The molecule has 0 atom stereocenters. The van der Waals surface area contributed by atoms with Crippen LogP contribution in [0.15, 0.2) is 47.6 Å². The van der Waals surface area contributed by atoms with Crippen molar-refractivity contribution in [1.29, 1.82) is 0 Å². The molecule has 0 aliphatic carbocycles. The van der Waals surface area contributed by atoms with Crippen LogP contribution in [0.2, 0.25) is 0 Å². The summed E-state index contributed by atoms with van der Waals surface area (Å²) in [5, 5.41) is 14.5. The van der Waals surface area contributed by atoms with Gasteiger partial charge in [0.05, 0.1) is 31.1 Å². The molecule has 9 heteroatoms. The van der Waals surface area contributed by atoms with Crippen molar-refractivity contribution in [1.82, 2.24) is 5.43 Å². The van der Waals surface area contributed by atoms with E-state index >= 15 is 0 Å². The van der Waals surface area contributed by atoms with Crippen LogP contribution in [0.1, 0.15) is 11.1 Å². The predicted molar refractivity (Wildman–Crippen MR) is 105 cm³/mol. The van der Waals surface area contributed by atoms with Gasteiger partial charge in [0.15, 0.2) is 11.5 Å². The normalized spacial score (nSPS) is 10.6. The molecule has 0 aliphatic heterocycles. The van der Waals surface area contributed by atoms with E-state index in [0.29, 0.717) is 22.8 Å². The number of amides is 1. The van der Waals surface area contributed by atoms with E-state index in [-0.39, 0.29) is 17.3 Å². The summed E-state index contributed by atoms with van der Waals surface area (Å²) in [6.45, 7) is 0. The molecule has 0 heterocycles. The van der Waals surface area contributed by atoms with Gasteiger partial charge in [-0.2, -0.15) is 5.10 Å². The van der Waals surface area contributed by atoms with Crippen LogP contribution in [0, 0.1) is 10.1 Å². The summed E-state index contributed by atoms with van der Waals surface area (Å²) in [6.07, 6.45) is 1.49. The number of nitrogens with zero attached hydrogens (tertiary/aromatic N) is 2. The van der Waals surface area contributed by atoms with Crippen molar-refractivity contribution in [2.24, 2.45) is 5.10 Å². The molecule has 2 aromatic carbocycles. The highest BCUT2D eigenvalue weighted by Gasteiger charge is 2.08. The summed E-state index contributed by atoms with van der Waals surface area (Å²) in [5.41, 5.74) is 4.08. The average Bonchev–Trinajstić information content (AvgIpc) is 2.68. The predicted octanol–water partition coefficient (Wildman–Crippen LogP) is 3.00. The maximum atomic E-state index is 11.9. The van der Waals surface area contributed by atoms with Crippen LogP contribution in [-0.2, 0) is 10.5 Å². The van der Waals surface area contributed by atoms with E-state index in [9.17, 15) is 14.9 Å². The van der Waals surface area contributed by atoms with Gasteiger partial charge < -0.3 is 9.47 Å². The van der Waals surface area contributed by atoms with Crippen molar-refractivity contribution in [3.63, 3.8) is 0 Å². The highest BCUT2D eigenvalue weighted by atomic mass is 32.2. The van der Waals surface area contributed by atoms with E-state index in [2.05, 4.69) is 10.5 Å². The number of non-ortho nitro benzene ring substituents is 1. The van der Waals surface area contributed by atoms with Gasteiger partial charge in [0.25, 0.3) is 5.69 Å². The molecular formula is C18H19N3O5S. The number of benzene rings is 2. The number of para-hydroxylation sites is 1. The molecule has 1 N–H and O–H groups in total. The van der Waals surface area contributed by atoms with Crippen LogP contribution in [0.4, 0.5) is 5.69 Å². The Morgan fingerprint density at radius 3 is 2.59 bits per heavy atom. The summed E-state index contributed by atoms with van der Waals surface area (Å²) in [6, 6.07) is 11.6. The fraction of sp³-hybridized carbons (Fsp3) is 0.222. The lowest BCUT2D eigenvalue weighted by molar-refractivity contribution is -0.384. The Morgan fingerprint density at radius 1 is 1.22 bits per heavy atom. The third kappa shape index (κ3) is 6.00. The molecule has 0 saturated carbocycles. The Morgan fingerprint density at radius 2 is 1.96 bits per heavy atom. The number of rotatable bonds is 9. The summed E-state index contributed by atoms with van der Waals surface area (Å²) in [5.74, 6) is 1.64. The van der Waals surface area contributed by atoms with Gasteiger partial charge in [-0.3, -0.25) is 14.9 Å². The molecule has 1 amide bonds. The Balaban J connectivity index is 1.81. The van der Waals surface area contributed by atoms with Gasteiger partial charge in [0.2, 0.25) is 5.91 Å². The fourth-order valence-electron chi connectivity index (χ4n) is 2.20. The third-order valence-electron chi connectivity index (χ3n) is 3.48. The summed E-state index contributed by atoms with van der Waals surface area (Å²) in [7, 11) is 3.07. The molecule has 8 nitrogen and oxygen atoms in total. The Labute approximate surface area is 160 Å². The molecule has 0 aromatic heterocycles. The van der Waals surface area contributed by atoms with Crippen molar-refractivity contribution < 1.29 is 19.2 Å². The van der Waals surface area contributed by atoms with Gasteiger partial charge in [0.1, 0.15) is 0 Å². The van der Waals surface area contributed by atoms with Gasteiger partial charge in [-0.15, -0.1) is 11.8 Å². The molecule has 142 valence electrons. The number of nitro groups is 1. The van der Waals surface area contributed by atoms with Crippen LogP contribution >= 0.6 is 11.8 Å². The lowest BCUT2D eigenvalue weighted by Gasteiger charge is -2.09. The molecule has 0 saturated heterocycles. The minimum atomic E-state index is -0.445. The number of nitrogens with one attached hydrogen (secondary N) is 1. The zero-order valence-corrected chi connectivity index (χ0v) is 15.7. The van der Waals surface area contributed by atoms with E-state index in [4.69, 9.17) is 9.47 Å². The number of hydrogen-bond acceptors (Lipinski definition) is 7. The average molecular weight is 389 g/mol. The Hall–Kier alpha value is -3.07. The highest BCUT2D eigenvalue weighted by Crippen LogP contribution is 2.29. The molecule has 0 radical (unpaired) electrons. The second-order valence-corrected chi connectivity index (χ2v) is 6.28. The summed E-state index contributed by atoms with van der Waals surface area (Å²) < 4.78 is 10.5. The van der Waals surface area contributed by atoms with Crippen LogP contribution < -0.4 is 14.9 Å². The molecule has 27 heavy (non-hydrogen) atoms. The smallest absolute Gasteiger partial charge is 0.269 e. The van der Waals surface area contributed by atoms with E-state index in [1.54, 1.807) is 37.4 Å². The second-order valence-electron chi connectivity index (χ2n) is 5.29. The molecule has 0 aliphatic rings. The molecule has 0 unspecified atom stereocenters. The molecule has 2 aromatic rings. The molecule has 2 rings (SSSR count). The Kier molecular flexibility index (Phi) is 7.63. The van der Waals surface area contributed by atoms with Crippen LogP contribution in [-0.4, -0.2) is 37.0 Å². The zero-order valence-electron chi connectivity index (χ0n) is 14.9. The third-order valence-corrected chi connectivity index (χ3v) is 4.48. The lowest BCUT2D eigenvalue weighted by atomic mass is 10.2. The molecular weight excluding hydrogens is 370 g/mol. The first kappa shape index (κ1) is 20.2. The minimum absolute atomic E-state index is 0.0452. The van der Waals surface area contributed by atoms with Crippen molar-refractivity contribution >= 4 is 29.6 Å². The highest BCUT2D eigenvalue weighted by molar-refractivity contribution is 7.99. The van der Waals surface area contributed by atoms with Gasteiger partial charge in [0, 0.05) is 23.4 Å². The number of carbonyl (C=O) groups is 1. The van der Waals surface area contributed by atoms with E-state index in [1.165, 1.54) is 37.2 Å². The monoisotopic (exact) mass is 389 g/mol. The van der Waals surface area contributed by atoms with Crippen molar-refractivity contribution in [3.05, 3.63) is 63.7 Å². The summed E-state index contributed by atoms with van der Waals surface area (Å²) >= 11 is 1.39. The number of hydrogen-bond donors (Lipinski definition) is 1. The standard InChI is InChI=1S/C18H19N3O5S/c1-25-16-5-3-4-14(18(16)26-2)10-19-20-17(22)12-27-11-13-6-8-15(9-7-13)21(23)24/h3-10H,11-12H2,1-2H3,(H,20,22)/b19-10+. The maximum Gasteiger partial charge on any atom is 0.269 e. The first-order chi connectivity index (χ1) is 13.0. The van der Waals surface area contributed by atoms with Crippen LogP contribution in [0.25, 0.3) is 0 Å². The topological polar surface area (TPSA) is 103 Å². The van der Waals surface area contributed by atoms with E-state index < -0.39 is 4.92 Å². The summed E-state index contributed by atoms with van der Waals surface area (Å²) in [4.78, 5) is 22.0. The molecule has 0 fully saturated rings. The number of methoxy groups -OCH3 is 2. The van der Waals surface area contributed by atoms with Gasteiger partial charge >= 0.3 is 0 Å². The number of ether oxygens (including phenoxy) is 2. The van der Waals surface area contributed by atoms with Crippen molar-refractivity contribution in [2.75, 3.05) is 20.0 Å². The van der Waals surface area contributed by atoms with Gasteiger partial charge in [-0.05, 0) is 17.7 Å². The number of hydrazone groups is 1. The number of carbonyl (C=O) groups excluding carboxylic acids is 1. The zero-order chi connectivity index (χ0) is 19.6. The molecule has 0 spiro atoms. The quantitative estimate of drug-likeness (QED) is 0.402. The first-order valence-corrected chi connectivity index (χ1v) is 9.04. The maximum absolute atomic E-state index is 11.9. The number of nitro benzene ring substituents is 1. The second kappa shape index (κ2) is 10.2. The van der Waals surface area contributed by atoms with Crippen molar-refractivity contribution in [3.8, 4) is 11.5 Å². The van der Waals surface area contributed by atoms with Crippen molar-refractivity contribution in [2.45, 2.75) is 5.75 Å². The first-order valence-electron chi connectivity index (χ1n) is 7.89. The van der Waals surface area contributed by atoms with Crippen LogP contribution in [0.3, 0.4) is 0 Å². The minimum Gasteiger partial charge on any atom is -0.493 e.